The molecule has 43 heavy (non-hydrogen) atoms. The Balaban J connectivity index is 1.24. The lowest BCUT2D eigenvalue weighted by Crippen LogP contribution is -2.36. The molecule has 2 N–H and O–H groups in total. The molecule has 1 aliphatic heterocycles. The standard InChI is InChI=1S/C32H26Cl2F3N3O3/c33-22-7-2-6-21(16-22)31(11-12-31)30-38-26-8-3-13-40(17-23(26)28(42)39-30)29(43)27(41)20-5-1-4-18(14-20)19-9-10-25(34)24(15-19)32(35,36)37/h1-2,4-7,9-10,14-16,27,41H,3,8,11-13,17H2,(H,38,39,42)/t27-/m1/s1. The molecule has 0 bridgehead atoms. The molecule has 11 heteroatoms. The van der Waals surface area contributed by atoms with Crippen molar-refractivity contribution in [3.05, 3.63) is 121 Å². The van der Waals surface area contributed by atoms with Gasteiger partial charge in [-0.05, 0) is 78.3 Å². The van der Waals surface area contributed by atoms with Crippen molar-refractivity contribution in [2.75, 3.05) is 6.54 Å². The number of aromatic nitrogens is 2. The predicted octanol–water partition coefficient (Wildman–Crippen LogP) is 6.85. The van der Waals surface area contributed by atoms with Gasteiger partial charge in [-0.1, -0.05) is 59.6 Å². The van der Waals surface area contributed by atoms with Crippen LogP contribution in [0, 0.1) is 0 Å². The molecule has 1 amide bonds. The largest absolute Gasteiger partial charge is 0.417 e. The molecule has 0 spiro atoms. The van der Waals surface area contributed by atoms with Gasteiger partial charge in [0.25, 0.3) is 11.5 Å². The van der Waals surface area contributed by atoms with E-state index >= 15 is 0 Å². The summed E-state index contributed by atoms with van der Waals surface area (Å²) in [5, 5.41) is 11.2. The predicted molar refractivity (Wildman–Crippen MR) is 157 cm³/mol. The van der Waals surface area contributed by atoms with Crippen molar-refractivity contribution in [1.29, 1.82) is 0 Å². The maximum Gasteiger partial charge on any atom is 0.417 e. The number of rotatable bonds is 5. The fourth-order valence-corrected chi connectivity index (χ4v) is 6.15. The summed E-state index contributed by atoms with van der Waals surface area (Å²) in [7, 11) is 0. The van der Waals surface area contributed by atoms with E-state index in [1.165, 1.54) is 29.2 Å². The van der Waals surface area contributed by atoms with Crippen molar-refractivity contribution >= 4 is 29.1 Å². The third-order valence-corrected chi connectivity index (χ3v) is 8.79. The molecule has 222 valence electrons. The number of amides is 1. The van der Waals surface area contributed by atoms with Gasteiger partial charge in [-0.25, -0.2) is 4.98 Å². The Bertz CT molecular complexity index is 1790. The summed E-state index contributed by atoms with van der Waals surface area (Å²) in [6, 6.07) is 17.2. The first kappa shape index (κ1) is 29.4. The third-order valence-electron chi connectivity index (χ3n) is 8.23. The minimum atomic E-state index is -4.63. The first-order chi connectivity index (χ1) is 20.5. The lowest BCUT2D eigenvalue weighted by Gasteiger charge is -2.24. The molecule has 3 aromatic carbocycles. The second-order valence-electron chi connectivity index (χ2n) is 11.0. The molecule has 0 radical (unpaired) electrons. The summed E-state index contributed by atoms with van der Waals surface area (Å²) in [5.41, 5.74) is 1.14. The molecule has 1 fully saturated rings. The number of hydrogen-bond donors (Lipinski definition) is 2. The van der Waals surface area contributed by atoms with Crippen molar-refractivity contribution in [3.63, 3.8) is 0 Å². The van der Waals surface area contributed by atoms with Crippen molar-refractivity contribution in [2.45, 2.75) is 49.9 Å². The summed E-state index contributed by atoms with van der Waals surface area (Å²) < 4.78 is 40.2. The van der Waals surface area contributed by atoms with E-state index in [2.05, 4.69) is 4.98 Å². The number of alkyl halides is 3. The number of aromatic amines is 1. The highest BCUT2D eigenvalue weighted by atomic mass is 35.5. The lowest BCUT2D eigenvalue weighted by atomic mass is 9.94. The Morgan fingerprint density at radius 1 is 1.02 bits per heavy atom. The van der Waals surface area contributed by atoms with Crippen LogP contribution in [0.15, 0.2) is 71.5 Å². The van der Waals surface area contributed by atoms with Crippen LogP contribution in [0.4, 0.5) is 13.2 Å². The highest BCUT2D eigenvalue weighted by Gasteiger charge is 2.49. The molecule has 6 rings (SSSR count). The maximum atomic E-state index is 13.5. The molecule has 2 heterocycles. The molecule has 1 atom stereocenters. The van der Waals surface area contributed by atoms with E-state index in [4.69, 9.17) is 28.2 Å². The number of H-pyrrole nitrogens is 1. The average Bonchev–Trinajstić information content (AvgIpc) is 3.81. The molecular formula is C32H26Cl2F3N3O3. The van der Waals surface area contributed by atoms with Crippen molar-refractivity contribution in [1.82, 2.24) is 14.9 Å². The number of nitrogens with one attached hydrogen (secondary N) is 1. The Morgan fingerprint density at radius 3 is 2.49 bits per heavy atom. The zero-order chi connectivity index (χ0) is 30.5. The summed E-state index contributed by atoms with van der Waals surface area (Å²) in [4.78, 5) is 36.0. The van der Waals surface area contributed by atoms with Gasteiger partial charge >= 0.3 is 6.18 Å². The summed E-state index contributed by atoms with van der Waals surface area (Å²) in [6.07, 6.45) is -3.52. The van der Waals surface area contributed by atoms with E-state index < -0.39 is 34.2 Å². The number of benzene rings is 3. The zero-order valence-electron chi connectivity index (χ0n) is 22.7. The van der Waals surface area contributed by atoms with Gasteiger partial charge in [0, 0.05) is 11.6 Å². The molecule has 0 unspecified atom stereocenters. The Hall–Kier alpha value is -3.66. The zero-order valence-corrected chi connectivity index (χ0v) is 24.2. The highest BCUT2D eigenvalue weighted by Crippen LogP contribution is 2.52. The van der Waals surface area contributed by atoms with E-state index in [9.17, 15) is 27.9 Å². The summed E-state index contributed by atoms with van der Waals surface area (Å²) in [6.45, 7) is 0.274. The van der Waals surface area contributed by atoms with Gasteiger partial charge in [0.2, 0.25) is 0 Å². The van der Waals surface area contributed by atoms with Crippen LogP contribution in [0.1, 0.15) is 59.1 Å². The summed E-state index contributed by atoms with van der Waals surface area (Å²) >= 11 is 12.0. The second-order valence-corrected chi connectivity index (χ2v) is 11.9. The van der Waals surface area contributed by atoms with Crippen LogP contribution in [0.2, 0.25) is 10.0 Å². The third kappa shape index (κ3) is 5.69. The number of halogens is 5. The van der Waals surface area contributed by atoms with E-state index in [0.29, 0.717) is 47.1 Å². The van der Waals surface area contributed by atoms with Crippen LogP contribution < -0.4 is 5.56 Å². The topological polar surface area (TPSA) is 86.3 Å². The molecule has 6 nitrogen and oxygen atoms in total. The molecule has 1 aliphatic carbocycles. The van der Waals surface area contributed by atoms with Gasteiger partial charge in [-0.15, -0.1) is 0 Å². The van der Waals surface area contributed by atoms with Crippen LogP contribution in [-0.4, -0.2) is 32.4 Å². The molecule has 1 aromatic heterocycles. The number of aliphatic hydroxyl groups is 1. The Morgan fingerprint density at radius 2 is 1.77 bits per heavy atom. The quantitative estimate of drug-likeness (QED) is 0.253. The molecular weight excluding hydrogens is 602 g/mol. The van der Waals surface area contributed by atoms with Crippen LogP contribution in [0.3, 0.4) is 0 Å². The lowest BCUT2D eigenvalue weighted by molar-refractivity contribution is -0.141. The van der Waals surface area contributed by atoms with E-state index in [-0.39, 0.29) is 23.2 Å². The summed E-state index contributed by atoms with van der Waals surface area (Å²) in [5.74, 6) is -0.0239. The normalized spacial score (nSPS) is 16.7. The second kappa shape index (κ2) is 11.1. The molecule has 2 aliphatic rings. The van der Waals surface area contributed by atoms with E-state index in [0.717, 1.165) is 24.5 Å². The molecule has 4 aromatic rings. The smallest absolute Gasteiger partial charge is 0.378 e. The number of carbonyl (C=O) groups excluding carboxylic acids is 1. The van der Waals surface area contributed by atoms with Crippen LogP contribution >= 0.6 is 23.2 Å². The van der Waals surface area contributed by atoms with Gasteiger partial charge in [-0.2, -0.15) is 13.2 Å². The van der Waals surface area contributed by atoms with Gasteiger partial charge in [0.05, 0.1) is 33.8 Å². The first-order valence-corrected chi connectivity index (χ1v) is 14.5. The number of fused-ring (bicyclic) bond motifs is 1. The highest BCUT2D eigenvalue weighted by molar-refractivity contribution is 6.31. The Labute approximate surface area is 255 Å². The Kier molecular flexibility index (Phi) is 7.61. The fraction of sp³-hybridized carbons (Fsp3) is 0.281. The van der Waals surface area contributed by atoms with Gasteiger partial charge in [-0.3, -0.25) is 9.59 Å². The van der Waals surface area contributed by atoms with Crippen molar-refractivity contribution in [2.24, 2.45) is 0 Å². The van der Waals surface area contributed by atoms with Gasteiger partial charge in [0.1, 0.15) is 5.82 Å². The first-order valence-electron chi connectivity index (χ1n) is 13.8. The average molecular weight is 628 g/mol. The number of aliphatic hydroxyl groups excluding tert-OH is 1. The maximum absolute atomic E-state index is 13.5. The number of aryl methyl sites for hydroxylation is 1. The van der Waals surface area contributed by atoms with E-state index in [1.807, 2.05) is 18.2 Å². The molecule has 1 saturated carbocycles. The van der Waals surface area contributed by atoms with Crippen molar-refractivity contribution in [3.8, 4) is 11.1 Å². The number of carbonyl (C=O) groups is 1. The van der Waals surface area contributed by atoms with Crippen molar-refractivity contribution < 1.29 is 23.1 Å². The van der Waals surface area contributed by atoms with Gasteiger partial charge < -0.3 is 15.0 Å². The van der Waals surface area contributed by atoms with Crippen LogP contribution in [-0.2, 0) is 29.4 Å². The molecule has 0 saturated heterocycles. The monoisotopic (exact) mass is 627 g/mol. The fourth-order valence-electron chi connectivity index (χ4n) is 5.74. The minimum absolute atomic E-state index is 0.0240. The van der Waals surface area contributed by atoms with Gasteiger partial charge in [0.15, 0.2) is 6.10 Å². The van der Waals surface area contributed by atoms with E-state index in [1.54, 1.807) is 18.2 Å². The van der Waals surface area contributed by atoms with Crippen LogP contribution in [0.25, 0.3) is 11.1 Å². The minimum Gasteiger partial charge on any atom is -0.378 e. The SMILES string of the molecule is O=C([C@H](O)c1cccc(-c2ccc(Cl)c(C(F)(F)F)c2)c1)N1CCCc2nc(C3(c4cccc(Cl)c4)CC3)[nH]c(=O)c2C1. The number of nitrogens with zero attached hydrogens (tertiary/aromatic N) is 2. The number of hydrogen-bond acceptors (Lipinski definition) is 4. The van der Waals surface area contributed by atoms with Crippen LogP contribution in [0.5, 0.6) is 0 Å².